The highest BCUT2D eigenvalue weighted by Gasteiger charge is 2.23. The molecule has 1 N–H and O–H groups in total. The van der Waals surface area contributed by atoms with Crippen molar-refractivity contribution in [2.75, 3.05) is 16.2 Å². The van der Waals surface area contributed by atoms with Crippen molar-refractivity contribution < 1.29 is 17.6 Å². The molecule has 1 amide bonds. The molecule has 0 saturated heterocycles. The summed E-state index contributed by atoms with van der Waals surface area (Å²) >= 11 is 0. The lowest BCUT2D eigenvalue weighted by atomic mass is 10.3. The Morgan fingerprint density at radius 2 is 1.63 bits per heavy atom. The van der Waals surface area contributed by atoms with E-state index in [0.29, 0.717) is 11.4 Å². The third-order valence-electron chi connectivity index (χ3n) is 5.15. The number of hydrogen-bond acceptors (Lipinski definition) is 5. The summed E-state index contributed by atoms with van der Waals surface area (Å²) in [6.45, 7) is 1.98. The number of nitrogens with one attached hydrogen (secondary N) is 1. The predicted octanol–water partition coefficient (Wildman–Crippen LogP) is 3.84. The minimum Gasteiger partial charge on any atom is -0.320 e. The molecule has 178 valence electrons. The third-order valence-corrected chi connectivity index (χ3v) is 7.06. The smallest absolute Gasteiger partial charge is 0.280 e. The maximum absolute atomic E-state index is 13.2. The summed E-state index contributed by atoms with van der Waals surface area (Å²) in [7, 11) is -3.82. The molecule has 35 heavy (non-hydrogen) atoms. The van der Waals surface area contributed by atoms with Gasteiger partial charge in [-0.3, -0.25) is 13.9 Å². The summed E-state index contributed by atoms with van der Waals surface area (Å²) in [5, 5.41) is 6.62. The van der Waals surface area contributed by atoms with Gasteiger partial charge in [0.05, 0.1) is 16.3 Å². The van der Waals surface area contributed by atoms with Crippen molar-refractivity contribution in [2.45, 2.75) is 11.8 Å². The first-order chi connectivity index (χ1) is 16.8. The fourth-order valence-electron chi connectivity index (χ4n) is 3.42. The van der Waals surface area contributed by atoms with Crippen LogP contribution in [0, 0.1) is 5.82 Å². The average Bonchev–Trinajstić information content (AvgIpc) is 2.86. The van der Waals surface area contributed by atoms with Gasteiger partial charge in [0.2, 0.25) is 5.43 Å². The first-order valence-corrected chi connectivity index (χ1v) is 12.1. The van der Waals surface area contributed by atoms with Gasteiger partial charge in [-0.2, -0.15) is 5.10 Å². The van der Waals surface area contributed by atoms with Crippen molar-refractivity contribution in [2.24, 2.45) is 0 Å². The second kappa shape index (κ2) is 9.90. The van der Waals surface area contributed by atoms with Gasteiger partial charge in [-0.1, -0.05) is 18.2 Å². The highest BCUT2D eigenvalue weighted by molar-refractivity contribution is 7.92. The van der Waals surface area contributed by atoms with Gasteiger partial charge in [0.25, 0.3) is 15.9 Å². The largest absolute Gasteiger partial charge is 0.320 e. The topological polar surface area (TPSA) is 101 Å². The van der Waals surface area contributed by atoms with Gasteiger partial charge < -0.3 is 5.32 Å². The van der Waals surface area contributed by atoms with Gasteiger partial charge in [-0.15, -0.1) is 0 Å². The lowest BCUT2D eigenvalue weighted by molar-refractivity contribution is 0.101. The van der Waals surface area contributed by atoms with Gasteiger partial charge in [0.15, 0.2) is 5.69 Å². The number of carbonyl (C=O) groups is 1. The molecule has 8 nitrogen and oxygen atoms in total. The van der Waals surface area contributed by atoms with Gasteiger partial charge in [-0.25, -0.2) is 17.5 Å². The van der Waals surface area contributed by atoms with Crippen LogP contribution in [0.4, 0.5) is 15.8 Å². The van der Waals surface area contributed by atoms with Crippen LogP contribution in [0.3, 0.4) is 0 Å². The summed E-state index contributed by atoms with van der Waals surface area (Å²) in [5.74, 6) is -1.19. The van der Waals surface area contributed by atoms with E-state index in [2.05, 4.69) is 10.4 Å². The van der Waals surface area contributed by atoms with E-state index in [9.17, 15) is 22.4 Å². The SMILES string of the molecule is CCN(c1ccccc1)S(=O)(=O)c1ccc(NC(=O)c2nn(-c3ccc(F)cc3)ccc2=O)cc1. The molecule has 0 aliphatic carbocycles. The Labute approximate surface area is 201 Å². The van der Waals surface area contributed by atoms with Gasteiger partial charge in [0.1, 0.15) is 5.82 Å². The van der Waals surface area contributed by atoms with Crippen molar-refractivity contribution >= 4 is 27.3 Å². The Balaban J connectivity index is 1.55. The number of benzene rings is 3. The van der Waals surface area contributed by atoms with E-state index < -0.39 is 27.2 Å². The average molecular weight is 493 g/mol. The zero-order valence-corrected chi connectivity index (χ0v) is 19.4. The van der Waals surface area contributed by atoms with Crippen LogP contribution in [-0.4, -0.2) is 30.7 Å². The molecule has 0 radical (unpaired) electrons. The molecule has 0 aliphatic rings. The standard InChI is InChI=1S/C25H21FN4O4S/c1-2-30(21-6-4-3-5-7-21)35(33,34)22-14-10-19(11-15-22)27-25(32)24-23(31)16-17-29(28-24)20-12-8-18(26)9-13-20/h3-17H,2H2,1H3,(H,27,32). The highest BCUT2D eigenvalue weighted by Crippen LogP contribution is 2.24. The van der Waals surface area contributed by atoms with Crippen molar-refractivity contribution in [3.05, 3.63) is 113 Å². The molecule has 0 saturated carbocycles. The zero-order valence-electron chi connectivity index (χ0n) is 18.6. The molecule has 1 aromatic heterocycles. The Morgan fingerprint density at radius 3 is 2.26 bits per heavy atom. The number of sulfonamides is 1. The molecule has 4 rings (SSSR count). The molecule has 10 heteroatoms. The zero-order chi connectivity index (χ0) is 25.0. The lowest BCUT2D eigenvalue weighted by Crippen LogP contribution is -2.30. The molecule has 3 aromatic carbocycles. The molecule has 4 aromatic rings. The van der Waals surface area contributed by atoms with E-state index in [1.807, 2.05) is 0 Å². The second-order valence-electron chi connectivity index (χ2n) is 7.43. The van der Waals surface area contributed by atoms with E-state index >= 15 is 0 Å². The van der Waals surface area contributed by atoms with Crippen LogP contribution in [0.2, 0.25) is 0 Å². The number of rotatable bonds is 7. The predicted molar refractivity (Wildman–Crippen MR) is 131 cm³/mol. The van der Waals surface area contributed by atoms with Crippen LogP contribution in [-0.2, 0) is 10.0 Å². The van der Waals surface area contributed by atoms with E-state index in [0.717, 1.165) is 0 Å². The first kappa shape index (κ1) is 23.8. The minimum absolute atomic E-state index is 0.0534. The fraction of sp³-hybridized carbons (Fsp3) is 0.0800. The Bertz CT molecular complexity index is 1500. The summed E-state index contributed by atoms with van der Waals surface area (Å²) in [4.78, 5) is 25.0. The molecular formula is C25H21FN4O4S. The summed E-state index contributed by atoms with van der Waals surface area (Å²) in [6, 6.07) is 21.0. The van der Waals surface area contributed by atoms with E-state index in [1.165, 1.54) is 69.8 Å². The molecule has 1 heterocycles. The van der Waals surface area contributed by atoms with Crippen LogP contribution in [0.25, 0.3) is 5.69 Å². The van der Waals surface area contributed by atoms with Crippen LogP contribution < -0.4 is 15.1 Å². The Morgan fingerprint density at radius 1 is 0.971 bits per heavy atom. The molecule has 0 bridgehead atoms. The van der Waals surface area contributed by atoms with Crippen LogP contribution in [0.5, 0.6) is 0 Å². The quantitative estimate of drug-likeness (QED) is 0.422. The number of aromatic nitrogens is 2. The third kappa shape index (κ3) is 5.12. The van der Waals surface area contributed by atoms with Crippen LogP contribution >= 0.6 is 0 Å². The molecule has 0 spiro atoms. The maximum Gasteiger partial charge on any atom is 0.280 e. The van der Waals surface area contributed by atoms with Crippen LogP contribution in [0.15, 0.2) is 101 Å². The van der Waals surface area contributed by atoms with Crippen molar-refractivity contribution in [3.63, 3.8) is 0 Å². The van der Waals surface area contributed by atoms with Gasteiger partial charge in [-0.05, 0) is 67.6 Å². The van der Waals surface area contributed by atoms with E-state index in [4.69, 9.17) is 0 Å². The lowest BCUT2D eigenvalue weighted by Gasteiger charge is -2.23. The summed E-state index contributed by atoms with van der Waals surface area (Å²) in [6.07, 6.45) is 1.37. The highest BCUT2D eigenvalue weighted by atomic mass is 32.2. The Hall–Kier alpha value is -4.31. The van der Waals surface area contributed by atoms with Gasteiger partial charge >= 0.3 is 0 Å². The number of amides is 1. The Kier molecular flexibility index (Phi) is 6.74. The number of carbonyl (C=O) groups excluding carboxylic acids is 1. The first-order valence-electron chi connectivity index (χ1n) is 10.6. The van der Waals surface area contributed by atoms with E-state index in [-0.39, 0.29) is 22.8 Å². The fourth-order valence-corrected chi connectivity index (χ4v) is 4.89. The minimum atomic E-state index is -3.82. The molecule has 0 atom stereocenters. The molecule has 0 fully saturated rings. The number of anilines is 2. The molecular weight excluding hydrogens is 471 g/mol. The van der Waals surface area contributed by atoms with Crippen molar-refractivity contribution in [1.82, 2.24) is 9.78 Å². The van der Waals surface area contributed by atoms with Crippen LogP contribution in [0.1, 0.15) is 17.4 Å². The molecule has 0 unspecified atom stereocenters. The summed E-state index contributed by atoms with van der Waals surface area (Å²) < 4.78 is 42.0. The number of para-hydroxylation sites is 1. The normalized spacial score (nSPS) is 11.1. The number of hydrogen-bond donors (Lipinski definition) is 1. The number of halogens is 1. The summed E-state index contributed by atoms with van der Waals surface area (Å²) in [5.41, 5.74) is 0.334. The number of nitrogens with zero attached hydrogens (tertiary/aromatic N) is 3. The monoisotopic (exact) mass is 492 g/mol. The van der Waals surface area contributed by atoms with Crippen molar-refractivity contribution in [3.8, 4) is 5.69 Å². The van der Waals surface area contributed by atoms with E-state index in [1.54, 1.807) is 37.3 Å². The van der Waals surface area contributed by atoms with Gasteiger partial charge in [0, 0.05) is 24.5 Å². The maximum atomic E-state index is 13.2. The second-order valence-corrected chi connectivity index (χ2v) is 9.30. The molecule has 0 aliphatic heterocycles. The van der Waals surface area contributed by atoms with Crippen molar-refractivity contribution in [1.29, 1.82) is 0 Å².